The Hall–Kier alpha value is -1.38. The van der Waals surface area contributed by atoms with E-state index in [1.54, 1.807) is 0 Å². The second-order valence-electron chi connectivity index (χ2n) is 5.67. The molecule has 1 heterocycles. The van der Waals surface area contributed by atoms with Gasteiger partial charge >= 0.3 is 0 Å². The van der Waals surface area contributed by atoms with E-state index >= 15 is 0 Å². The molecule has 0 bridgehead atoms. The highest BCUT2D eigenvalue weighted by atomic mass is 35.5. The van der Waals surface area contributed by atoms with Crippen LogP contribution in [0.1, 0.15) is 31.9 Å². The van der Waals surface area contributed by atoms with E-state index in [4.69, 9.17) is 11.6 Å². The highest BCUT2D eigenvalue weighted by Gasteiger charge is 2.08. The summed E-state index contributed by atoms with van der Waals surface area (Å²) in [5.74, 6) is 0.480. The fourth-order valence-corrected chi connectivity index (χ4v) is 2.53. The predicted molar refractivity (Wildman–Crippen MR) is 92.8 cm³/mol. The summed E-state index contributed by atoms with van der Waals surface area (Å²) in [4.78, 5) is 4.57. The van der Waals surface area contributed by atoms with Gasteiger partial charge in [0.05, 0.1) is 5.52 Å². The van der Waals surface area contributed by atoms with Crippen LogP contribution < -0.4 is 5.32 Å². The van der Waals surface area contributed by atoms with Gasteiger partial charge in [-0.2, -0.15) is 0 Å². The van der Waals surface area contributed by atoms with Gasteiger partial charge in [0, 0.05) is 17.5 Å². The maximum atomic E-state index is 6.38. The smallest absolute Gasteiger partial charge is 0.137 e. The van der Waals surface area contributed by atoms with E-state index < -0.39 is 0 Å². The lowest BCUT2D eigenvalue weighted by Gasteiger charge is -2.13. The summed E-state index contributed by atoms with van der Waals surface area (Å²) in [5, 5.41) is 5.10. The molecule has 0 aliphatic carbocycles. The minimum absolute atomic E-state index is 0.480. The third-order valence-corrected chi connectivity index (χ3v) is 3.99. The first-order valence-corrected chi connectivity index (χ1v) is 7.87. The van der Waals surface area contributed by atoms with Gasteiger partial charge in [-0.25, -0.2) is 4.98 Å². The second-order valence-corrected chi connectivity index (χ2v) is 6.03. The minimum Gasteiger partial charge on any atom is -0.313 e. The van der Waals surface area contributed by atoms with E-state index in [1.165, 1.54) is 5.57 Å². The van der Waals surface area contributed by atoms with Crippen LogP contribution in [0, 0.1) is 12.8 Å². The molecular weight excluding hydrogens is 280 g/mol. The lowest BCUT2D eigenvalue weighted by atomic mass is 10.00. The number of fused-ring (bicyclic) bond motifs is 1. The summed E-state index contributed by atoms with van der Waals surface area (Å²) in [6.07, 6.45) is 2.17. The van der Waals surface area contributed by atoms with Gasteiger partial charge < -0.3 is 5.32 Å². The number of rotatable bonds is 5. The van der Waals surface area contributed by atoms with Crippen LogP contribution in [0.4, 0.5) is 0 Å². The molecule has 0 aliphatic rings. The van der Waals surface area contributed by atoms with Crippen LogP contribution >= 0.6 is 11.6 Å². The molecule has 0 radical (unpaired) electrons. The van der Waals surface area contributed by atoms with Gasteiger partial charge in [0.1, 0.15) is 5.15 Å². The molecule has 21 heavy (non-hydrogen) atoms. The van der Waals surface area contributed by atoms with Crippen molar-refractivity contribution in [1.82, 2.24) is 10.3 Å². The third-order valence-electron chi connectivity index (χ3n) is 3.69. The van der Waals surface area contributed by atoms with E-state index in [2.05, 4.69) is 68.3 Å². The Labute approximate surface area is 132 Å². The molecule has 0 aliphatic heterocycles. The van der Waals surface area contributed by atoms with Crippen molar-refractivity contribution in [2.45, 2.75) is 27.7 Å². The summed E-state index contributed by atoms with van der Waals surface area (Å²) in [5.41, 5.74) is 4.48. The standard InChI is InChI=1S/C18H23ClN2/c1-5-20-11-16(12(2)3)10-15-9-14-8-6-7-13(4)17(14)21-18(15)19/h6-10,12,20H,5,11H2,1-4H3. The molecule has 0 saturated carbocycles. The van der Waals surface area contributed by atoms with Crippen molar-refractivity contribution in [3.05, 3.63) is 46.1 Å². The van der Waals surface area contributed by atoms with Crippen LogP contribution in [0.5, 0.6) is 0 Å². The molecule has 0 spiro atoms. The van der Waals surface area contributed by atoms with Gasteiger partial charge in [-0.1, -0.05) is 62.2 Å². The highest BCUT2D eigenvalue weighted by Crippen LogP contribution is 2.25. The van der Waals surface area contributed by atoms with Crippen LogP contribution in [0.15, 0.2) is 29.8 Å². The highest BCUT2D eigenvalue weighted by molar-refractivity contribution is 6.31. The Balaban J connectivity index is 2.47. The first-order chi connectivity index (χ1) is 10.0. The SMILES string of the molecule is CCNCC(=Cc1cc2cccc(C)c2nc1Cl)C(C)C. The summed E-state index contributed by atoms with van der Waals surface area (Å²) < 4.78 is 0. The third kappa shape index (κ3) is 3.84. The number of hydrogen-bond acceptors (Lipinski definition) is 2. The Morgan fingerprint density at radius 2 is 2.14 bits per heavy atom. The van der Waals surface area contributed by atoms with Gasteiger partial charge in [0.15, 0.2) is 0 Å². The molecule has 0 saturated heterocycles. The first kappa shape index (κ1) is 16.0. The zero-order valence-electron chi connectivity index (χ0n) is 13.2. The number of para-hydroxylation sites is 1. The second kappa shape index (κ2) is 7.06. The summed E-state index contributed by atoms with van der Waals surface area (Å²) >= 11 is 6.38. The topological polar surface area (TPSA) is 24.9 Å². The van der Waals surface area contributed by atoms with E-state index in [0.717, 1.165) is 35.1 Å². The van der Waals surface area contributed by atoms with Crippen molar-refractivity contribution >= 4 is 28.6 Å². The number of nitrogens with zero attached hydrogens (tertiary/aromatic N) is 1. The molecule has 1 aromatic heterocycles. The van der Waals surface area contributed by atoms with E-state index in [-0.39, 0.29) is 0 Å². The molecule has 0 amide bonds. The molecule has 112 valence electrons. The van der Waals surface area contributed by atoms with Gasteiger partial charge in [0.25, 0.3) is 0 Å². The van der Waals surface area contributed by atoms with Crippen LogP contribution in [0.2, 0.25) is 5.15 Å². The molecule has 0 fully saturated rings. The van der Waals surface area contributed by atoms with Crippen molar-refractivity contribution in [3.63, 3.8) is 0 Å². The lowest BCUT2D eigenvalue weighted by Crippen LogP contribution is -2.18. The maximum Gasteiger partial charge on any atom is 0.137 e. The fraction of sp³-hybridized carbons (Fsp3) is 0.389. The maximum absolute atomic E-state index is 6.38. The number of benzene rings is 1. The van der Waals surface area contributed by atoms with Crippen LogP contribution in [0.25, 0.3) is 17.0 Å². The Morgan fingerprint density at radius 1 is 1.38 bits per heavy atom. The number of aromatic nitrogens is 1. The molecule has 3 heteroatoms. The zero-order valence-corrected chi connectivity index (χ0v) is 14.0. The summed E-state index contributed by atoms with van der Waals surface area (Å²) in [7, 11) is 0. The predicted octanol–water partition coefficient (Wildman–Crippen LogP) is 4.85. The number of aryl methyl sites for hydroxylation is 1. The lowest BCUT2D eigenvalue weighted by molar-refractivity contribution is 0.682. The fourth-order valence-electron chi connectivity index (χ4n) is 2.33. The molecule has 2 aromatic rings. The van der Waals surface area contributed by atoms with Crippen molar-refractivity contribution in [1.29, 1.82) is 0 Å². The molecule has 0 unspecified atom stereocenters. The molecular formula is C18H23ClN2. The molecule has 1 aromatic carbocycles. The van der Waals surface area contributed by atoms with Crippen molar-refractivity contribution < 1.29 is 0 Å². The van der Waals surface area contributed by atoms with Gasteiger partial charge in [-0.05, 0) is 31.0 Å². The van der Waals surface area contributed by atoms with Crippen LogP contribution in [0.3, 0.4) is 0 Å². The monoisotopic (exact) mass is 302 g/mol. The average Bonchev–Trinajstić information content (AvgIpc) is 2.44. The normalized spacial score (nSPS) is 12.4. The Kier molecular flexibility index (Phi) is 5.38. The van der Waals surface area contributed by atoms with Gasteiger partial charge in [-0.3, -0.25) is 0 Å². The number of nitrogens with one attached hydrogen (secondary N) is 1. The summed E-state index contributed by atoms with van der Waals surface area (Å²) in [6.45, 7) is 10.4. The first-order valence-electron chi connectivity index (χ1n) is 7.50. The molecule has 2 nitrogen and oxygen atoms in total. The van der Waals surface area contributed by atoms with Crippen molar-refractivity contribution in [2.75, 3.05) is 13.1 Å². The quantitative estimate of drug-likeness (QED) is 0.799. The number of halogens is 1. The van der Waals surface area contributed by atoms with Crippen LogP contribution in [-0.2, 0) is 0 Å². The largest absolute Gasteiger partial charge is 0.313 e. The minimum atomic E-state index is 0.480. The van der Waals surface area contributed by atoms with Crippen molar-refractivity contribution in [3.8, 4) is 0 Å². The molecule has 1 N–H and O–H groups in total. The number of hydrogen-bond donors (Lipinski definition) is 1. The van der Waals surface area contributed by atoms with Gasteiger partial charge in [0.2, 0.25) is 0 Å². The average molecular weight is 303 g/mol. The number of pyridine rings is 1. The number of likely N-dealkylation sites (N-methyl/N-ethyl adjacent to an activating group) is 1. The zero-order chi connectivity index (χ0) is 15.4. The molecule has 0 atom stereocenters. The van der Waals surface area contributed by atoms with E-state index in [0.29, 0.717) is 11.1 Å². The van der Waals surface area contributed by atoms with Crippen molar-refractivity contribution in [2.24, 2.45) is 5.92 Å². The van der Waals surface area contributed by atoms with E-state index in [1.807, 2.05) is 0 Å². The summed E-state index contributed by atoms with van der Waals surface area (Å²) in [6, 6.07) is 8.34. The molecule has 2 rings (SSSR count). The van der Waals surface area contributed by atoms with E-state index in [9.17, 15) is 0 Å². The Morgan fingerprint density at radius 3 is 2.81 bits per heavy atom. The van der Waals surface area contributed by atoms with Crippen LogP contribution in [-0.4, -0.2) is 18.1 Å². The van der Waals surface area contributed by atoms with Gasteiger partial charge in [-0.15, -0.1) is 0 Å². The Bertz CT molecular complexity index is 660.